The summed E-state index contributed by atoms with van der Waals surface area (Å²) in [6.07, 6.45) is 3.51. The van der Waals surface area contributed by atoms with E-state index < -0.39 is 0 Å². The smallest absolute Gasteiger partial charge is 0.227 e. The molecule has 0 aliphatic carbocycles. The van der Waals surface area contributed by atoms with E-state index in [1.807, 2.05) is 30.3 Å². The Bertz CT molecular complexity index is 1160. The highest BCUT2D eigenvalue weighted by Crippen LogP contribution is 2.22. The van der Waals surface area contributed by atoms with E-state index in [1.54, 1.807) is 11.3 Å². The van der Waals surface area contributed by atoms with Gasteiger partial charge in [-0.2, -0.15) is 0 Å². The van der Waals surface area contributed by atoms with Crippen LogP contribution in [0.2, 0.25) is 0 Å². The molecule has 0 spiro atoms. The van der Waals surface area contributed by atoms with Gasteiger partial charge in [0.25, 0.3) is 0 Å². The van der Waals surface area contributed by atoms with Gasteiger partial charge in [-0.3, -0.25) is 9.69 Å². The Morgan fingerprint density at radius 2 is 1.62 bits per heavy atom. The van der Waals surface area contributed by atoms with Crippen LogP contribution in [0.1, 0.15) is 29.7 Å². The van der Waals surface area contributed by atoms with Crippen LogP contribution in [-0.2, 0) is 24.2 Å². The maximum absolute atomic E-state index is 12.9. The monoisotopic (exact) mass is 515 g/mol. The Labute approximate surface area is 224 Å². The zero-order valence-electron chi connectivity index (χ0n) is 21.5. The van der Waals surface area contributed by atoms with E-state index in [0.29, 0.717) is 6.42 Å². The Balaban J connectivity index is 1.05. The summed E-state index contributed by atoms with van der Waals surface area (Å²) < 4.78 is 0. The number of hydrogen-bond donors (Lipinski definition) is 1. The number of amides is 1. The van der Waals surface area contributed by atoms with Crippen molar-refractivity contribution in [3.63, 3.8) is 0 Å². The average molecular weight is 516 g/mol. The molecule has 1 aromatic heterocycles. The molecule has 2 fully saturated rings. The first-order valence-corrected chi connectivity index (χ1v) is 14.2. The molecule has 37 heavy (non-hydrogen) atoms. The third-order valence-corrected chi connectivity index (χ3v) is 8.24. The van der Waals surface area contributed by atoms with Crippen molar-refractivity contribution in [2.45, 2.75) is 38.3 Å². The normalized spacial score (nSPS) is 18.2. The maximum Gasteiger partial charge on any atom is 0.227 e. The lowest BCUT2D eigenvalue weighted by atomic mass is 10.1. The van der Waals surface area contributed by atoms with Crippen LogP contribution in [0.5, 0.6) is 0 Å². The molecule has 0 saturated carbocycles. The number of aromatic nitrogens is 1. The zero-order chi connectivity index (χ0) is 25.5. The van der Waals surface area contributed by atoms with Gasteiger partial charge in [0.2, 0.25) is 5.91 Å². The van der Waals surface area contributed by atoms with E-state index in [2.05, 4.69) is 62.3 Å². The molecule has 2 aliphatic rings. The minimum absolute atomic E-state index is 0.223. The number of carbonyl (C=O) groups excluding carboxylic acids is 1. The van der Waals surface area contributed by atoms with Crippen molar-refractivity contribution >= 4 is 22.4 Å². The predicted molar refractivity (Wildman–Crippen MR) is 152 cm³/mol. The van der Waals surface area contributed by atoms with E-state index in [1.165, 1.54) is 11.3 Å². The second-order valence-corrected chi connectivity index (χ2v) is 10.9. The number of hydrogen-bond acceptors (Lipinski definition) is 6. The van der Waals surface area contributed by atoms with Gasteiger partial charge in [-0.05, 0) is 24.0 Å². The Hall–Kier alpha value is -3.16. The molecule has 1 N–H and O–H groups in total. The van der Waals surface area contributed by atoms with Crippen molar-refractivity contribution < 1.29 is 4.79 Å². The zero-order valence-corrected chi connectivity index (χ0v) is 22.3. The molecule has 2 aromatic carbocycles. The minimum atomic E-state index is 0.223. The van der Waals surface area contributed by atoms with Crippen molar-refractivity contribution in [2.75, 3.05) is 44.6 Å². The van der Waals surface area contributed by atoms with Gasteiger partial charge in [-0.15, -0.1) is 11.3 Å². The number of thiazole rings is 1. The summed E-state index contributed by atoms with van der Waals surface area (Å²) in [6, 6.07) is 20.8. The SMILES string of the molecule is C=C(Cc1ccccc1)N1CCN(Cc2csc(NCC3CCCN3C(=O)Cc3ccccc3)n2)CC1. The van der Waals surface area contributed by atoms with E-state index in [-0.39, 0.29) is 11.9 Å². The van der Waals surface area contributed by atoms with Gasteiger partial charge in [0.15, 0.2) is 5.13 Å². The summed E-state index contributed by atoms with van der Waals surface area (Å²) in [5, 5.41) is 6.63. The molecule has 7 heteroatoms. The molecule has 0 radical (unpaired) electrons. The summed E-state index contributed by atoms with van der Waals surface area (Å²) in [4.78, 5) is 24.7. The Morgan fingerprint density at radius 3 is 2.32 bits per heavy atom. The van der Waals surface area contributed by atoms with Crippen molar-refractivity contribution in [3.8, 4) is 0 Å². The topological polar surface area (TPSA) is 51.7 Å². The maximum atomic E-state index is 12.9. The van der Waals surface area contributed by atoms with Gasteiger partial charge in [-0.25, -0.2) is 4.98 Å². The molecule has 194 valence electrons. The van der Waals surface area contributed by atoms with Gasteiger partial charge < -0.3 is 15.1 Å². The molecule has 2 aliphatic heterocycles. The second kappa shape index (κ2) is 12.4. The number of anilines is 1. The Morgan fingerprint density at radius 1 is 0.946 bits per heavy atom. The highest BCUT2D eigenvalue weighted by Gasteiger charge is 2.28. The van der Waals surface area contributed by atoms with E-state index in [0.717, 1.165) is 81.5 Å². The van der Waals surface area contributed by atoms with Gasteiger partial charge in [-0.1, -0.05) is 67.2 Å². The van der Waals surface area contributed by atoms with Crippen LogP contribution >= 0.6 is 11.3 Å². The number of nitrogens with one attached hydrogen (secondary N) is 1. The lowest BCUT2D eigenvalue weighted by Crippen LogP contribution is -2.45. The fourth-order valence-corrected chi connectivity index (χ4v) is 6.02. The largest absolute Gasteiger partial charge is 0.372 e. The summed E-state index contributed by atoms with van der Waals surface area (Å²) in [7, 11) is 0. The van der Waals surface area contributed by atoms with Crippen molar-refractivity contribution in [3.05, 3.63) is 95.1 Å². The first-order chi connectivity index (χ1) is 18.1. The molecule has 3 heterocycles. The van der Waals surface area contributed by atoms with E-state index in [9.17, 15) is 4.79 Å². The number of rotatable bonds is 10. The third-order valence-electron chi connectivity index (χ3n) is 7.39. The molecule has 1 unspecified atom stereocenters. The second-order valence-electron chi connectivity index (χ2n) is 10.1. The lowest BCUT2D eigenvalue weighted by Gasteiger charge is -2.36. The summed E-state index contributed by atoms with van der Waals surface area (Å²) >= 11 is 1.66. The summed E-state index contributed by atoms with van der Waals surface area (Å²) in [5.41, 5.74) is 4.72. The Kier molecular flexibility index (Phi) is 8.53. The highest BCUT2D eigenvalue weighted by atomic mass is 32.1. The van der Waals surface area contributed by atoms with Crippen LogP contribution in [0.15, 0.2) is 78.3 Å². The van der Waals surface area contributed by atoms with Crippen molar-refractivity contribution in [2.24, 2.45) is 0 Å². The van der Waals surface area contributed by atoms with Gasteiger partial charge in [0, 0.05) is 69.4 Å². The molecular formula is C30H37N5OS. The summed E-state index contributed by atoms with van der Waals surface area (Å²) in [6.45, 7) is 10.9. The molecule has 2 saturated heterocycles. The molecule has 1 atom stereocenters. The van der Waals surface area contributed by atoms with Crippen LogP contribution in [0, 0.1) is 0 Å². The average Bonchev–Trinajstić information content (AvgIpc) is 3.58. The third kappa shape index (κ3) is 6.99. The number of allylic oxidation sites excluding steroid dienone is 1. The minimum Gasteiger partial charge on any atom is -0.372 e. The molecule has 6 nitrogen and oxygen atoms in total. The van der Waals surface area contributed by atoms with E-state index >= 15 is 0 Å². The fraction of sp³-hybridized carbons (Fsp3) is 0.400. The molecular weight excluding hydrogens is 478 g/mol. The van der Waals surface area contributed by atoms with Crippen LogP contribution in [0.25, 0.3) is 0 Å². The highest BCUT2D eigenvalue weighted by molar-refractivity contribution is 7.13. The fourth-order valence-electron chi connectivity index (χ4n) is 5.31. The van der Waals surface area contributed by atoms with Gasteiger partial charge in [0.1, 0.15) is 0 Å². The standard InChI is InChI=1S/C30H37N5OS/c1-24(19-25-9-4-2-5-10-25)34-17-15-33(16-18-34)22-27-23-37-30(32-27)31-21-28-13-8-14-35(28)29(36)20-26-11-6-3-7-12-26/h2-7,9-12,23,28H,1,8,13-22H2,(H,31,32). The lowest BCUT2D eigenvalue weighted by molar-refractivity contribution is -0.131. The van der Waals surface area contributed by atoms with E-state index in [4.69, 9.17) is 4.98 Å². The first-order valence-electron chi connectivity index (χ1n) is 13.3. The molecule has 3 aromatic rings. The molecule has 1 amide bonds. The van der Waals surface area contributed by atoms with Crippen LogP contribution in [0.4, 0.5) is 5.13 Å². The molecule has 5 rings (SSSR count). The predicted octanol–water partition coefficient (Wildman–Crippen LogP) is 4.66. The van der Waals surface area contributed by atoms with Crippen molar-refractivity contribution in [1.29, 1.82) is 0 Å². The number of benzene rings is 2. The van der Waals surface area contributed by atoms with Crippen molar-refractivity contribution in [1.82, 2.24) is 19.7 Å². The number of carbonyl (C=O) groups is 1. The van der Waals surface area contributed by atoms with Crippen LogP contribution < -0.4 is 5.32 Å². The number of nitrogens with zero attached hydrogens (tertiary/aromatic N) is 4. The number of piperazine rings is 1. The first kappa shape index (κ1) is 25.5. The van der Waals surface area contributed by atoms with Gasteiger partial charge >= 0.3 is 0 Å². The van der Waals surface area contributed by atoms with Crippen LogP contribution in [-0.4, -0.2) is 70.9 Å². The summed E-state index contributed by atoms with van der Waals surface area (Å²) in [5.74, 6) is 0.223. The quantitative estimate of drug-likeness (QED) is 0.426. The molecule has 0 bridgehead atoms. The van der Waals surface area contributed by atoms with Crippen LogP contribution in [0.3, 0.4) is 0 Å². The van der Waals surface area contributed by atoms with Gasteiger partial charge in [0.05, 0.1) is 12.1 Å². The number of likely N-dealkylation sites (tertiary alicyclic amines) is 1.